The average Bonchev–Trinajstić information content (AvgIpc) is 2.12. The predicted octanol–water partition coefficient (Wildman–Crippen LogP) is 2.73. The highest BCUT2D eigenvalue weighted by Crippen LogP contribution is 2.42. The Balaban J connectivity index is 4.24. The molecule has 0 heterocycles. The third-order valence-electron chi connectivity index (χ3n) is 1.70. The van der Waals surface area contributed by atoms with Crippen LogP contribution < -0.4 is 5.09 Å². The molecule has 0 saturated heterocycles. The molecule has 0 rings (SSSR count). The summed E-state index contributed by atoms with van der Waals surface area (Å²) < 4.78 is 11.9. The van der Waals surface area contributed by atoms with E-state index in [4.69, 9.17) is 0 Å². The minimum atomic E-state index is -2.55. The molecule has 1 atom stereocenters. The summed E-state index contributed by atoms with van der Waals surface area (Å²) in [4.78, 5) is 10.2. The van der Waals surface area contributed by atoms with Gasteiger partial charge in [-0.3, -0.25) is 9.36 Å². The van der Waals surface area contributed by atoms with Crippen LogP contribution in [0.3, 0.4) is 0 Å². The Kier molecular flexibility index (Phi) is 6.61. The molecule has 0 aliphatic heterocycles. The van der Waals surface area contributed by atoms with Gasteiger partial charge in [0.1, 0.15) is 0 Å². The van der Waals surface area contributed by atoms with Crippen molar-refractivity contribution in [2.75, 3.05) is 6.16 Å². The van der Waals surface area contributed by atoms with Gasteiger partial charge in [-0.1, -0.05) is 26.3 Å². The van der Waals surface area contributed by atoms with Crippen LogP contribution in [-0.4, -0.2) is 12.6 Å². The summed E-state index contributed by atoms with van der Waals surface area (Å²) in [5.74, 6) is 1.65. The number of hydrogen-bond acceptors (Lipinski definition) is 2. The molecule has 1 amide bonds. The number of unbranched alkanes of at least 4 members (excludes halogenated alkanes) is 1. The molecule has 1 unspecified atom stereocenters. The quantitative estimate of drug-likeness (QED) is 0.510. The lowest BCUT2D eigenvalue weighted by Gasteiger charge is -2.11. The van der Waals surface area contributed by atoms with Crippen molar-refractivity contribution in [2.45, 2.75) is 33.1 Å². The molecule has 1 N–H and O–H groups in total. The third kappa shape index (κ3) is 5.64. The Morgan fingerprint density at radius 3 is 2.54 bits per heavy atom. The maximum atomic E-state index is 11.9. The number of amides is 1. The van der Waals surface area contributed by atoms with E-state index in [1.807, 2.05) is 19.9 Å². The lowest BCUT2D eigenvalue weighted by molar-refractivity contribution is -0.108. The standard InChI is InChI=1S/C9H18NO2P/c1-3-5-7-13(12,10-9-11)8-6-4-2/h5,7,9H,3-4,6,8H2,1-2H3,(H,10,11,12). The SMILES string of the molecule is CCC=CP(=O)(CCCC)NC=O. The van der Waals surface area contributed by atoms with Crippen LogP contribution in [0.5, 0.6) is 0 Å². The Morgan fingerprint density at radius 2 is 2.08 bits per heavy atom. The molecule has 0 radical (unpaired) electrons. The van der Waals surface area contributed by atoms with Crippen molar-refractivity contribution >= 4 is 13.7 Å². The maximum Gasteiger partial charge on any atom is 0.212 e. The Morgan fingerprint density at radius 1 is 1.38 bits per heavy atom. The third-order valence-corrected chi connectivity index (χ3v) is 3.91. The smallest absolute Gasteiger partial charge is 0.212 e. The van der Waals surface area contributed by atoms with E-state index in [9.17, 15) is 9.36 Å². The van der Waals surface area contributed by atoms with E-state index in [0.717, 1.165) is 19.3 Å². The molecular weight excluding hydrogens is 185 g/mol. The highest BCUT2D eigenvalue weighted by molar-refractivity contribution is 7.65. The summed E-state index contributed by atoms with van der Waals surface area (Å²) in [6.45, 7) is 4.01. The van der Waals surface area contributed by atoms with E-state index in [0.29, 0.717) is 12.6 Å². The average molecular weight is 203 g/mol. The van der Waals surface area contributed by atoms with Gasteiger partial charge >= 0.3 is 0 Å². The fourth-order valence-electron chi connectivity index (χ4n) is 0.940. The van der Waals surface area contributed by atoms with E-state index in [-0.39, 0.29) is 0 Å². The molecule has 0 bridgehead atoms. The number of nitrogens with one attached hydrogen (secondary N) is 1. The lowest BCUT2D eigenvalue weighted by atomic mass is 10.4. The minimum absolute atomic E-state index is 0.524. The van der Waals surface area contributed by atoms with Gasteiger partial charge in [0.2, 0.25) is 6.41 Å². The number of allylic oxidation sites excluding steroid dienone is 1. The second-order valence-electron chi connectivity index (χ2n) is 2.91. The summed E-state index contributed by atoms with van der Waals surface area (Å²) in [6.07, 6.45) is 5.65. The summed E-state index contributed by atoms with van der Waals surface area (Å²) in [7, 11) is -2.55. The van der Waals surface area contributed by atoms with Crippen LogP contribution >= 0.6 is 7.29 Å². The monoisotopic (exact) mass is 203 g/mol. The van der Waals surface area contributed by atoms with Crippen molar-refractivity contribution in [2.24, 2.45) is 0 Å². The van der Waals surface area contributed by atoms with E-state index in [1.165, 1.54) is 0 Å². The van der Waals surface area contributed by atoms with Crippen molar-refractivity contribution in [1.82, 2.24) is 5.09 Å². The van der Waals surface area contributed by atoms with Crippen LogP contribution in [0.2, 0.25) is 0 Å². The fraction of sp³-hybridized carbons (Fsp3) is 0.667. The van der Waals surface area contributed by atoms with Crippen LogP contribution in [-0.2, 0) is 9.36 Å². The van der Waals surface area contributed by atoms with Gasteiger partial charge in [0, 0.05) is 6.16 Å². The zero-order valence-corrected chi connectivity index (χ0v) is 9.22. The summed E-state index contributed by atoms with van der Waals surface area (Å²) in [6, 6.07) is 0. The Hall–Kier alpha value is -0.560. The molecule has 76 valence electrons. The number of carbonyl (C=O) groups is 1. The molecule has 0 fully saturated rings. The van der Waals surface area contributed by atoms with E-state index < -0.39 is 7.29 Å². The largest absolute Gasteiger partial charge is 0.306 e. The molecule has 0 spiro atoms. The maximum absolute atomic E-state index is 11.9. The van der Waals surface area contributed by atoms with Crippen LogP contribution in [0.1, 0.15) is 33.1 Å². The van der Waals surface area contributed by atoms with E-state index in [1.54, 1.807) is 5.82 Å². The Labute approximate surface area is 80.0 Å². The van der Waals surface area contributed by atoms with E-state index >= 15 is 0 Å². The topological polar surface area (TPSA) is 46.2 Å². The van der Waals surface area contributed by atoms with Crippen molar-refractivity contribution in [3.8, 4) is 0 Å². The first-order chi connectivity index (χ1) is 6.18. The van der Waals surface area contributed by atoms with Crippen molar-refractivity contribution < 1.29 is 9.36 Å². The molecule has 0 aromatic rings. The summed E-state index contributed by atoms with van der Waals surface area (Å²) in [5, 5.41) is 2.42. The molecule has 0 aromatic heterocycles. The number of rotatable bonds is 7. The van der Waals surface area contributed by atoms with Crippen LogP contribution in [0.4, 0.5) is 0 Å². The van der Waals surface area contributed by atoms with Crippen LogP contribution in [0.15, 0.2) is 11.9 Å². The van der Waals surface area contributed by atoms with Gasteiger partial charge in [-0.15, -0.1) is 0 Å². The zero-order chi connectivity index (χ0) is 10.2. The first-order valence-corrected chi connectivity index (χ1v) is 6.62. The molecule has 0 aliphatic rings. The van der Waals surface area contributed by atoms with E-state index in [2.05, 4.69) is 5.09 Å². The van der Waals surface area contributed by atoms with Crippen molar-refractivity contribution in [3.63, 3.8) is 0 Å². The van der Waals surface area contributed by atoms with Gasteiger partial charge in [-0.05, 0) is 18.7 Å². The summed E-state index contributed by atoms with van der Waals surface area (Å²) in [5.41, 5.74) is 0. The molecule has 0 aliphatic carbocycles. The highest BCUT2D eigenvalue weighted by Gasteiger charge is 2.15. The van der Waals surface area contributed by atoms with Crippen LogP contribution in [0, 0.1) is 0 Å². The molecule has 0 saturated carbocycles. The first-order valence-electron chi connectivity index (χ1n) is 4.66. The van der Waals surface area contributed by atoms with Gasteiger partial charge < -0.3 is 5.09 Å². The van der Waals surface area contributed by atoms with Crippen molar-refractivity contribution in [3.05, 3.63) is 11.9 Å². The van der Waals surface area contributed by atoms with Gasteiger partial charge in [0.05, 0.1) is 0 Å². The second-order valence-corrected chi connectivity index (χ2v) is 5.51. The normalized spacial score (nSPS) is 15.5. The van der Waals surface area contributed by atoms with Gasteiger partial charge in [-0.2, -0.15) is 0 Å². The zero-order valence-electron chi connectivity index (χ0n) is 8.32. The molecule has 4 heteroatoms. The second kappa shape index (κ2) is 6.90. The first kappa shape index (κ1) is 12.4. The predicted molar refractivity (Wildman–Crippen MR) is 56.0 cm³/mol. The van der Waals surface area contributed by atoms with Crippen LogP contribution in [0.25, 0.3) is 0 Å². The summed E-state index contributed by atoms with van der Waals surface area (Å²) >= 11 is 0. The number of hydrogen-bond donors (Lipinski definition) is 1. The molecule has 0 aromatic carbocycles. The fourth-order valence-corrected chi connectivity index (χ4v) is 2.82. The van der Waals surface area contributed by atoms with Gasteiger partial charge in [0.25, 0.3) is 0 Å². The van der Waals surface area contributed by atoms with Crippen molar-refractivity contribution in [1.29, 1.82) is 0 Å². The van der Waals surface area contributed by atoms with Gasteiger partial charge in [-0.25, -0.2) is 0 Å². The molecule has 13 heavy (non-hydrogen) atoms. The Bertz CT molecular complexity index is 214. The molecular formula is C9H18NO2P. The highest BCUT2D eigenvalue weighted by atomic mass is 31.2. The number of carbonyl (C=O) groups excluding carboxylic acids is 1. The lowest BCUT2D eigenvalue weighted by Crippen LogP contribution is -2.08. The molecule has 3 nitrogen and oxygen atoms in total. The minimum Gasteiger partial charge on any atom is -0.306 e. The van der Waals surface area contributed by atoms with Gasteiger partial charge in [0.15, 0.2) is 7.29 Å².